The molecule has 0 aromatic heterocycles. The number of carbonyl (C=O) groups excluding carboxylic acids is 1. The van der Waals surface area contributed by atoms with Gasteiger partial charge in [-0.2, -0.15) is 0 Å². The first-order valence-corrected chi connectivity index (χ1v) is 6.81. The summed E-state index contributed by atoms with van der Waals surface area (Å²) >= 11 is 0. The molecule has 1 heterocycles. The minimum atomic E-state index is -1.08. The maximum Gasteiger partial charge on any atom is 0.414 e. The molecule has 1 aromatic rings. The van der Waals surface area contributed by atoms with Crippen molar-refractivity contribution >= 4 is 17.7 Å². The maximum absolute atomic E-state index is 12.2. The monoisotopic (exact) mass is 292 g/mol. The van der Waals surface area contributed by atoms with Gasteiger partial charge >= 0.3 is 12.1 Å². The SMILES string of the molecule is CC(C)(C)OC(=O)N1CCc2c(C(N)C(=O)O)cccc21. The molecular formula is C15H20N2O4. The molecule has 1 atom stereocenters. The largest absolute Gasteiger partial charge is 0.480 e. The summed E-state index contributed by atoms with van der Waals surface area (Å²) in [5.41, 5.74) is 7.16. The van der Waals surface area contributed by atoms with Gasteiger partial charge in [0.2, 0.25) is 0 Å². The summed E-state index contributed by atoms with van der Waals surface area (Å²) in [6.07, 6.45) is 0.147. The Hall–Kier alpha value is -2.08. The van der Waals surface area contributed by atoms with Crippen LogP contribution in [0.3, 0.4) is 0 Å². The van der Waals surface area contributed by atoms with Crippen molar-refractivity contribution in [2.75, 3.05) is 11.4 Å². The van der Waals surface area contributed by atoms with Crippen molar-refractivity contribution in [1.82, 2.24) is 0 Å². The van der Waals surface area contributed by atoms with Crippen molar-refractivity contribution in [3.05, 3.63) is 29.3 Å². The molecule has 6 nitrogen and oxygen atoms in total. The highest BCUT2D eigenvalue weighted by atomic mass is 16.6. The second-order valence-electron chi connectivity index (χ2n) is 6.04. The van der Waals surface area contributed by atoms with Gasteiger partial charge in [-0.1, -0.05) is 12.1 Å². The van der Waals surface area contributed by atoms with Crippen molar-refractivity contribution in [3.8, 4) is 0 Å². The molecule has 21 heavy (non-hydrogen) atoms. The number of carbonyl (C=O) groups is 2. The van der Waals surface area contributed by atoms with Gasteiger partial charge in [0.05, 0.1) is 5.69 Å². The number of ether oxygens (including phenoxy) is 1. The van der Waals surface area contributed by atoms with Crippen molar-refractivity contribution < 1.29 is 19.4 Å². The van der Waals surface area contributed by atoms with E-state index in [1.165, 1.54) is 4.90 Å². The number of hydrogen-bond acceptors (Lipinski definition) is 4. The van der Waals surface area contributed by atoms with Crippen molar-refractivity contribution in [2.45, 2.75) is 38.8 Å². The first-order valence-electron chi connectivity index (χ1n) is 6.81. The Morgan fingerprint density at radius 1 is 1.38 bits per heavy atom. The standard InChI is InChI=1S/C15H20N2O4/c1-15(2,3)21-14(20)17-8-7-9-10(12(16)13(18)19)5-4-6-11(9)17/h4-6,12H,7-8,16H2,1-3H3,(H,18,19). The van der Waals surface area contributed by atoms with E-state index in [0.717, 1.165) is 5.56 Å². The summed E-state index contributed by atoms with van der Waals surface area (Å²) in [7, 11) is 0. The van der Waals surface area contributed by atoms with Gasteiger partial charge in [-0.25, -0.2) is 4.79 Å². The molecule has 1 amide bonds. The number of rotatable bonds is 2. The topological polar surface area (TPSA) is 92.9 Å². The van der Waals surface area contributed by atoms with E-state index < -0.39 is 23.7 Å². The Labute approximate surface area is 123 Å². The number of nitrogens with two attached hydrogens (primary N) is 1. The van der Waals surface area contributed by atoms with Crippen LogP contribution in [-0.4, -0.2) is 29.3 Å². The van der Waals surface area contributed by atoms with E-state index in [9.17, 15) is 9.59 Å². The molecule has 0 aliphatic carbocycles. The molecule has 0 saturated carbocycles. The van der Waals surface area contributed by atoms with E-state index in [4.69, 9.17) is 15.6 Å². The molecule has 6 heteroatoms. The lowest BCUT2D eigenvalue weighted by molar-refractivity contribution is -0.138. The highest BCUT2D eigenvalue weighted by molar-refractivity contribution is 5.91. The molecule has 114 valence electrons. The van der Waals surface area contributed by atoms with Crippen LogP contribution in [0.2, 0.25) is 0 Å². The predicted molar refractivity (Wildman–Crippen MR) is 78.3 cm³/mol. The molecule has 2 rings (SSSR count). The zero-order valence-corrected chi connectivity index (χ0v) is 12.4. The van der Waals surface area contributed by atoms with Gasteiger partial charge in [0.25, 0.3) is 0 Å². The number of anilines is 1. The lowest BCUT2D eigenvalue weighted by Crippen LogP contribution is -2.35. The van der Waals surface area contributed by atoms with E-state index >= 15 is 0 Å². The van der Waals surface area contributed by atoms with Crippen LogP contribution in [0.1, 0.15) is 37.9 Å². The molecule has 0 saturated heterocycles. The fourth-order valence-corrected chi connectivity index (χ4v) is 2.39. The Balaban J connectivity index is 2.31. The number of nitrogens with zero attached hydrogens (tertiary/aromatic N) is 1. The molecular weight excluding hydrogens is 272 g/mol. The maximum atomic E-state index is 12.2. The molecule has 1 aliphatic rings. The minimum absolute atomic E-state index is 0.428. The molecule has 1 aliphatic heterocycles. The Kier molecular flexibility index (Phi) is 3.91. The van der Waals surface area contributed by atoms with E-state index in [-0.39, 0.29) is 0 Å². The van der Waals surface area contributed by atoms with E-state index in [1.54, 1.807) is 39.0 Å². The van der Waals surface area contributed by atoms with Crippen molar-refractivity contribution in [2.24, 2.45) is 5.73 Å². The molecule has 0 radical (unpaired) electrons. The smallest absolute Gasteiger partial charge is 0.414 e. The van der Waals surface area contributed by atoms with Crippen LogP contribution < -0.4 is 10.6 Å². The normalized spacial score (nSPS) is 15.5. The summed E-state index contributed by atoms with van der Waals surface area (Å²) in [6, 6.07) is 4.10. The molecule has 1 unspecified atom stereocenters. The first-order chi connectivity index (χ1) is 9.70. The van der Waals surface area contributed by atoms with Crippen molar-refractivity contribution in [3.63, 3.8) is 0 Å². The lowest BCUT2D eigenvalue weighted by atomic mass is 9.99. The van der Waals surface area contributed by atoms with Gasteiger partial charge in [0.15, 0.2) is 0 Å². The number of hydrogen-bond donors (Lipinski definition) is 2. The fraction of sp³-hybridized carbons (Fsp3) is 0.467. The van der Waals surface area contributed by atoms with Crippen molar-refractivity contribution in [1.29, 1.82) is 0 Å². The van der Waals surface area contributed by atoms with Gasteiger partial charge in [0, 0.05) is 6.54 Å². The Morgan fingerprint density at radius 3 is 2.62 bits per heavy atom. The third kappa shape index (κ3) is 3.16. The number of amides is 1. The average molecular weight is 292 g/mol. The summed E-state index contributed by atoms with van der Waals surface area (Å²) in [4.78, 5) is 24.8. The average Bonchev–Trinajstić information content (AvgIpc) is 2.79. The van der Waals surface area contributed by atoms with E-state index in [2.05, 4.69) is 0 Å². The van der Waals surface area contributed by atoms with E-state index in [0.29, 0.717) is 24.2 Å². The van der Waals surface area contributed by atoms with Crippen LogP contribution in [0.5, 0.6) is 0 Å². The number of benzene rings is 1. The third-order valence-electron chi connectivity index (χ3n) is 3.28. The lowest BCUT2D eigenvalue weighted by Gasteiger charge is -2.25. The molecule has 3 N–H and O–H groups in total. The fourth-order valence-electron chi connectivity index (χ4n) is 2.39. The van der Waals surface area contributed by atoms with Crippen LogP contribution >= 0.6 is 0 Å². The zero-order chi connectivity index (χ0) is 15.8. The number of fused-ring (bicyclic) bond motifs is 1. The number of carboxylic acid groups (broad SMARTS) is 1. The van der Waals surface area contributed by atoms with Gasteiger partial charge < -0.3 is 15.6 Å². The van der Waals surface area contributed by atoms with Gasteiger partial charge in [-0.05, 0) is 44.4 Å². The third-order valence-corrected chi connectivity index (χ3v) is 3.28. The zero-order valence-electron chi connectivity index (χ0n) is 12.4. The highest BCUT2D eigenvalue weighted by Gasteiger charge is 2.32. The van der Waals surface area contributed by atoms with Gasteiger partial charge in [-0.15, -0.1) is 0 Å². The molecule has 0 spiro atoms. The Bertz CT molecular complexity index is 578. The summed E-state index contributed by atoms with van der Waals surface area (Å²) in [5.74, 6) is -1.08. The summed E-state index contributed by atoms with van der Waals surface area (Å²) in [5, 5.41) is 9.06. The molecule has 0 bridgehead atoms. The van der Waals surface area contributed by atoms with Gasteiger partial charge in [0.1, 0.15) is 11.6 Å². The quantitative estimate of drug-likeness (QED) is 0.870. The highest BCUT2D eigenvalue weighted by Crippen LogP contribution is 2.34. The number of aliphatic carboxylic acids is 1. The van der Waals surface area contributed by atoms with Crippen LogP contribution in [0, 0.1) is 0 Å². The number of carboxylic acids is 1. The minimum Gasteiger partial charge on any atom is -0.480 e. The summed E-state index contributed by atoms with van der Waals surface area (Å²) < 4.78 is 5.37. The van der Waals surface area contributed by atoms with Crippen LogP contribution in [0.4, 0.5) is 10.5 Å². The molecule has 0 fully saturated rings. The second-order valence-corrected chi connectivity index (χ2v) is 6.04. The van der Waals surface area contributed by atoms with Crippen LogP contribution in [-0.2, 0) is 16.0 Å². The van der Waals surface area contributed by atoms with Crippen LogP contribution in [0.25, 0.3) is 0 Å². The van der Waals surface area contributed by atoms with E-state index in [1.807, 2.05) is 0 Å². The molecule has 1 aromatic carbocycles. The van der Waals surface area contributed by atoms with Gasteiger partial charge in [-0.3, -0.25) is 9.69 Å². The predicted octanol–water partition coefficient (Wildman–Crippen LogP) is 2.07. The summed E-state index contributed by atoms with van der Waals surface area (Å²) in [6.45, 7) is 5.88. The first kappa shape index (κ1) is 15.3. The Morgan fingerprint density at radius 2 is 2.05 bits per heavy atom. The van der Waals surface area contributed by atoms with Crippen LogP contribution in [0.15, 0.2) is 18.2 Å². The second kappa shape index (κ2) is 5.37.